The number of hydrogen-bond donors (Lipinski definition) is 1. The Morgan fingerprint density at radius 3 is 2.05 bits per heavy atom. The van der Waals surface area contributed by atoms with E-state index in [-0.39, 0.29) is 17.5 Å². The molecule has 1 atom stereocenters. The number of benzene rings is 2. The summed E-state index contributed by atoms with van der Waals surface area (Å²) in [7, 11) is 0. The van der Waals surface area contributed by atoms with Crippen molar-refractivity contribution in [3.63, 3.8) is 0 Å². The molecule has 2 aromatic carbocycles. The lowest BCUT2D eigenvalue weighted by atomic mass is 9.81. The first kappa shape index (κ1) is 26.0. The molecule has 0 radical (unpaired) electrons. The summed E-state index contributed by atoms with van der Waals surface area (Å²) in [5, 5.41) is 9.93. The Hall–Kier alpha value is -2.64. The molecule has 2 aromatic rings. The first-order chi connectivity index (χ1) is 17.6. The van der Waals surface area contributed by atoms with Crippen LogP contribution in [-0.2, 0) is 5.60 Å². The topological polar surface area (TPSA) is 43.8 Å². The summed E-state index contributed by atoms with van der Waals surface area (Å²) >= 11 is 0. The zero-order valence-electron chi connectivity index (χ0n) is 21.3. The van der Waals surface area contributed by atoms with Gasteiger partial charge in [-0.15, -0.1) is 0 Å². The number of allylic oxidation sites excluding steroid dienone is 2. The molecule has 1 aliphatic heterocycles. The van der Waals surface area contributed by atoms with E-state index < -0.39 is 11.8 Å². The van der Waals surface area contributed by atoms with Crippen molar-refractivity contribution in [2.24, 2.45) is 0 Å². The standard InChI is InChI=1S/C30H35F3N2O2/c1-29(37,30(31,32)33)24-11-7-23(8-12-24)28(36)35(26-15-16-26)27-17-19-34(20-18-27)25-13-9-22(10-14-25)21-5-3-2-4-6-21/h2-8,11-12,15,22,25,27,37H,9-10,13-14,16-20H2,1H3. The minimum absolute atomic E-state index is 0.0936. The minimum atomic E-state index is -4.79. The molecule has 198 valence electrons. The van der Waals surface area contributed by atoms with E-state index >= 15 is 0 Å². The molecule has 0 spiro atoms. The molecule has 7 heteroatoms. The van der Waals surface area contributed by atoms with Gasteiger partial charge in [-0.25, -0.2) is 0 Å². The fraction of sp³-hybridized carbons (Fsp3) is 0.500. The Morgan fingerprint density at radius 2 is 1.51 bits per heavy atom. The van der Waals surface area contributed by atoms with Gasteiger partial charge in [0, 0.05) is 42.9 Å². The van der Waals surface area contributed by atoms with Crippen molar-refractivity contribution in [3.05, 3.63) is 83.1 Å². The van der Waals surface area contributed by atoms with Gasteiger partial charge in [-0.05, 0) is 74.6 Å². The summed E-state index contributed by atoms with van der Waals surface area (Å²) in [5.41, 5.74) is -0.444. The fourth-order valence-corrected chi connectivity index (χ4v) is 6.02. The first-order valence-electron chi connectivity index (χ1n) is 13.4. The second-order valence-electron chi connectivity index (χ2n) is 10.9. The Kier molecular flexibility index (Phi) is 7.20. The van der Waals surface area contributed by atoms with Gasteiger partial charge >= 0.3 is 6.18 Å². The van der Waals surface area contributed by atoms with Crippen molar-refractivity contribution in [2.45, 2.75) is 81.6 Å². The predicted molar refractivity (Wildman–Crippen MR) is 137 cm³/mol. The average Bonchev–Trinajstić information content (AvgIpc) is 3.74. The number of alkyl halides is 3. The van der Waals surface area contributed by atoms with Gasteiger partial charge in [0.05, 0.1) is 0 Å². The number of halogens is 3. The molecule has 5 rings (SSSR count). The molecule has 1 N–H and O–H groups in total. The molecule has 0 aromatic heterocycles. The molecule has 2 fully saturated rings. The molecule has 37 heavy (non-hydrogen) atoms. The summed E-state index contributed by atoms with van der Waals surface area (Å²) in [6.45, 7) is 2.64. The van der Waals surface area contributed by atoms with Crippen LogP contribution in [0.15, 0.2) is 66.4 Å². The van der Waals surface area contributed by atoms with Crippen molar-refractivity contribution in [1.82, 2.24) is 9.80 Å². The molecular weight excluding hydrogens is 477 g/mol. The molecule has 2 aliphatic carbocycles. The number of nitrogens with zero attached hydrogens (tertiary/aromatic N) is 2. The van der Waals surface area contributed by atoms with E-state index in [2.05, 4.69) is 35.2 Å². The highest BCUT2D eigenvalue weighted by Gasteiger charge is 2.51. The molecule has 0 bridgehead atoms. The lowest BCUT2D eigenvalue weighted by Gasteiger charge is -2.43. The number of hydrogen-bond acceptors (Lipinski definition) is 3. The average molecular weight is 513 g/mol. The predicted octanol–water partition coefficient (Wildman–Crippen LogP) is 6.38. The zero-order chi connectivity index (χ0) is 26.2. The Balaban J connectivity index is 1.18. The van der Waals surface area contributed by atoms with E-state index in [0.29, 0.717) is 17.5 Å². The van der Waals surface area contributed by atoms with Crippen molar-refractivity contribution < 1.29 is 23.1 Å². The van der Waals surface area contributed by atoms with Crippen LogP contribution >= 0.6 is 0 Å². The van der Waals surface area contributed by atoms with Gasteiger partial charge in [-0.3, -0.25) is 4.79 Å². The third-order valence-electron chi connectivity index (χ3n) is 8.51. The molecule has 1 heterocycles. The molecule has 1 amide bonds. The Labute approximate surface area is 216 Å². The highest BCUT2D eigenvalue weighted by molar-refractivity contribution is 5.96. The monoisotopic (exact) mass is 512 g/mol. The number of piperidine rings is 1. The zero-order valence-corrected chi connectivity index (χ0v) is 21.3. The highest BCUT2D eigenvalue weighted by atomic mass is 19.4. The van der Waals surface area contributed by atoms with Crippen molar-refractivity contribution >= 4 is 5.91 Å². The quantitative estimate of drug-likeness (QED) is 0.489. The van der Waals surface area contributed by atoms with Gasteiger partial charge in [0.2, 0.25) is 0 Å². The second-order valence-corrected chi connectivity index (χ2v) is 10.9. The van der Waals surface area contributed by atoms with E-state index in [1.54, 1.807) is 0 Å². The molecule has 1 saturated heterocycles. The van der Waals surface area contributed by atoms with Gasteiger partial charge in [0.15, 0.2) is 5.60 Å². The number of rotatable bonds is 6. The maximum Gasteiger partial charge on any atom is 0.421 e. The SMILES string of the molecule is CC(O)(c1ccc(C(=O)N(C2=CC2)C2CCN(C3CCC(c4ccccc4)CC3)CC2)cc1)C(F)(F)F. The van der Waals surface area contributed by atoms with Crippen LogP contribution in [0.5, 0.6) is 0 Å². The van der Waals surface area contributed by atoms with E-state index in [4.69, 9.17) is 0 Å². The summed E-state index contributed by atoms with van der Waals surface area (Å²) in [6, 6.07) is 16.7. The lowest BCUT2D eigenvalue weighted by molar-refractivity contribution is -0.258. The second kappa shape index (κ2) is 10.3. The summed E-state index contributed by atoms with van der Waals surface area (Å²) < 4.78 is 39.6. The number of aliphatic hydroxyl groups is 1. The molecule has 3 aliphatic rings. The first-order valence-corrected chi connectivity index (χ1v) is 13.4. The van der Waals surface area contributed by atoms with Crippen LogP contribution in [0.25, 0.3) is 0 Å². The van der Waals surface area contributed by atoms with Gasteiger partial charge in [0.25, 0.3) is 5.91 Å². The molecule has 1 unspecified atom stereocenters. The van der Waals surface area contributed by atoms with Crippen LogP contribution in [0.3, 0.4) is 0 Å². The minimum Gasteiger partial charge on any atom is -0.376 e. The third-order valence-corrected chi connectivity index (χ3v) is 8.51. The molecular formula is C30H35F3N2O2. The lowest BCUT2D eigenvalue weighted by Crippen LogP contribution is -2.49. The van der Waals surface area contributed by atoms with E-state index in [0.717, 1.165) is 45.0 Å². The Bertz CT molecular complexity index is 1110. The van der Waals surface area contributed by atoms with Crippen LogP contribution in [0, 0.1) is 0 Å². The van der Waals surface area contributed by atoms with Crippen LogP contribution in [0.4, 0.5) is 13.2 Å². The van der Waals surface area contributed by atoms with Gasteiger partial charge < -0.3 is 14.9 Å². The summed E-state index contributed by atoms with van der Waals surface area (Å²) in [5.74, 6) is 0.472. The van der Waals surface area contributed by atoms with Crippen LogP contribution in [0.1, 0.15) is 79.3 Å². The van der Waals surface area contributed by atoms with E-state index in [1.807, 2.05) is 11.0 Å². The van der Waals surface area contributed by atoms with Gasteiger partial charge in [-0.2, -0.15) is 13.2 Å². The number of carbonyl (C=O) groups is 1. The highest BCUT2D eigenvalue weighted by Crippen LogP contribution is 2.39. The van der Waals surface area contributed by atoms with Crippen LogP contribution < -0.4 is 0 Å². The van der Waals surface area contributed by atoms with E-state index in [1.165, 1.54) is 55.5 Å². The fourth-order valence-electron chi connectivity index (χ4n) is 6.02. The normalized spacial score (nSPS) is 24.7. The van der Waals surface area contributed by atoms with Gasteiger partial charge in [0.1, 0.15) is 0 Å². The Morgan fingerprint density at radius 1 is 0.919 bits per heavy atom. The maximum absolute atomic E-state index is 13.4. The molecule has 4 nitrogen and oxygen atoms in total. The largest absolute Gasteiger partial charge is 0.421 e. The summed E-state index contributed by atoms with van der Waals surface area (Å²) in [4.78, 5) is 17.9. The van der Waals surface area contributed by atoms with Crippen LogP contribution in [0.2, 0.25) is 0 Å². The number of amides is 1. The van der Waals surface area contributed by atoms with Crippen molar-refractivity contribution in [3.8, 4) is 0 Å². The third kappa shape index (κ3) is 5.48. The summed E-state index contributed by atoms with van der Waals surface area (Å²) in [6.07, 6.45) is 4.61. The van der Waals surface area contributed by atoms with Crippen LogP contribution in [-0.4, -0.2) is 52.2 Å². The van der Waals surface area contributed by atoms with Gasteiger partial charge in [-0.1, -0.05) is 48.5 Å². The van der Waals surface area contributed by atoms with Crippen molar-refractivity contribution in [1.29, 1.82) is 0 Å². The maximum atomic E-state index is 13.4. The number of likely N-dealkylation sites (tertiary alicyclic amines) is 1. The molecule has 1 saturated carbocycles. The van der Waals surface area contributed by atoms with Crippen molar-refractivity contribution in [2.75, 3.05) is 13.1 Å². The smallest absolute Gasteiger partial charge is 0.376 e. The van der Waals surface area contributed by atoms with E-state index in [9.17, 15) is 23.1 Å². The number of carbonyl (C=O) groups excluding carboxylic acids is 1.